The number of ether oxygens (including phenoxy) is 1. The third kappa shape index (κ3) is 2.81. The number of carbonyl (C=O) groups excluding carboxylic acids is 3. The number of carbonyl (C=O) groups is 3. The highest BCUT2D eigenvalue weighted by molar-refractivity contribution is 6.58. The number of hydrogen-bond acceptors (Lipinski definition) is 4. The fourth-order valence-electron chi connectivity index (χ4n) is 3.61. The highest BCUT2D eigenvalue weighted by Gasteiger charge is 2.45. The predicted molar refractivity (Wildman–Crippen MR) is 84.5 cm³/mol. The highest BCUT2D eigenvalue weighted by atomic mass is 35.5. The summed E-state index contributed by atoms with van der Waals surface area (Å²) in [6.07, 6.45) is 5.93. The quantitative estimate of drug-likeness (QED) is 0.440. The van der Waals surface area contributed by atoms with Gasteiger partial charge in [0.2, 0.25) is 0 Å². The fourth-order valence-corrected chi connectivity index (χ4v) is 3.98. The molecule has 0 aromatic carbocycles. The second-order valence-corrected chi connectivity index (χ2v) is 6.88. The van der Waals surface area contributed by atoms with E-state index >= 15 is 0 Å². The number of amides is 2. The highest BCUT2D eigenvalue weighted by Crippen LogP contribution is 2.41. The van der Waals surface area contributed by atoms with Gasteiger partial charge in [-0.3, -0.25) is 19.3 Å². The molecule has 0 N–H and O–H groups in total. The lowest BCUT2D eigenvalue weighted by atomic mass is 9.74. The number of esters is 1. The monoisotopic (exact) mass is 357 g/mol. The molecule has 0 unspecified atom stereocenters. The van der Waals surface area contributed by atoms with Crippen molar-refractivity contribution in [2.75, 3.05) is 6.54 Å². The lowest BCUT2D eigenvalue weighted by Gasteiger charge is -2.33. The van der Waals surface area contributed by atoms with Gasteiger partial charge in [-0.1, -0.05) is 42.3 Å². The van der Waals surface area contributed by atoms with Gasteiger partial charge in [0.1, 0.15) is 16.2 Å². The lowest BCUT2D eigenvalue weighted by molar-refractivity contribution is -0.143. The maximum Gasteiger partial charge on any atom is 0.306 e. The first-order valence-electron chi connectivity index (χ1n) is 7.73. The van der Waals surface area contributed by atoms with Gasteiger partial charge in [0.15, 0.2) is 0 Å². The van der Waals surface area contributed by atoms with Crippen LogP contribution in [0.5, 0.6) is 0 Å². The van der Waals surface area contributed by atoms with Crippen LogP contribution in [0.4, 0.5) is 0 Å². The second kappa shape index (κ2) is 6.29. The number of nitrogens with zero attached hydrogens (tertiary/aromatic N) is 1. The van der Waals surface area contributed by atoms with Gasteiger partial charge in [0.05, 0.1) is 6.42 Å². The Balaban J connectivity index is 1.68. The lowest BCUT2D eigenvalue weighted by Crippen LogP contribution is -2.37. The Kier molecular flexibility index (Phi) is 4.52. The molecule has 0 aromatic rings. The average molecular weight is 358 g/mol. The first-order chi connectivity index (χ1) is 10.9. The predicted octanol–water partition coefficient (Wildman–Crippen LogP) is 2.58. The Morgan fingerprint density at radius 2 is 1.74 bits per heavy atom. The number of imide groups is 1. The van der Waals surface area contributed by atoms with Crippen molar-refractivity contribution >= 4 is 41.0 Å². The van der Waals surface area contributed by atoms with Crippen molar-refractivity contribution in [3.63, 3.8) is 0 Å². The summed E-state index contributed by atoms with van der Waals surface area (Å²) in [5.41, 5.74) is 0. The van der Waals surface area contributed by atoms with Gasteiger partial charge in [-0.2, -0.15) is 0 Å². The van der Waals surface area contributed by atoms with Crippen LogP contribution in [-0.4, -0.2) is 35.3 Å². The molecule has 0 radical (unpaired) electrons. The molecule has 0 bridgehead atoms. The van der Waals surface area contributed by atoms with Crippen molar-refractivity contribution in [3.05, 3.63) is 22.2 Å². The smallest absolute Gasteiger partial charge is 0.306 e. The summed E-state index contributed by atoms with van der Waals surface area (Å²) < 4.78 is 5.46. The molecule has 7 heteroatoms. The molecule has 0 spiro atoms. The van der Waals surface area contributed by atoms with Gasteiger partial charge in [-0.25, -0.2) is 0 Å². The normalized spacial score (nSPS) is 33.5. The van der Waals surface area contributed by atoms with Gasteiger partial charge in [-0.05, 0) is 18.8 Å². The summed E-state index contributed by atoms with van der Waals surface area (Å²) in [6, 6.07) is 0. The third-order valence-electron chi connectivity index (χ3n) is 4.89. The Morgan fingerprint density at radius 3 is 2.35 bits per heavy atom. The maximum absolute atomic E-state index is 11.9. The summed E-state index contributed by atoms with van der Waals surface area (Å²) in [4.78, 5) is 36.5. The van der Waals surface area contributed by atoms with E-state index in [1.54, 1.807) is 0 Å². The number of halogens is 2. The molecule has 0 aromatic heterocycles. The Hall–Kier alpha value is -1.33. The number of allylic oxidation sites excluding steroid dienone is 1. The van der Waals surface area contributed by atoms with Crippen LogP contribution in [0, 0.1) is 17.8 Å². The van der Waals surface area contributed by atoms with Crippen LogP contribution in [0.3, 0.4) is 0 Å². The molecule has 1 fully saturated rings. The molecule has 1 aliphatic carbocycles. The van der Waals surface area contributed by atoms with Crippen molar-refractivity contribution in [1.82, 2.24) is 4.90 Å². The molecule has 4 atom stereocenters. The van der Waals surface area contributed by atoms with Gasteiger partial charge in [0.25, 0.3) is 11.8 Å². The van der Waals surface area contributed by atoms with E-state index in [1.165, 1.54) is 0 Å². The maximum atomic E-state index is 11.9. The second-order valence-electron chi connectivity index (χ2n) is 6.12. The minimum absolute atomic E-state index is 0.0907. The minimum Gasteiger partial charge on any atom is -0.461 e. The molecule has 0 saturated carbocycles. The summed E-state index contributed by atoms with van der Waals surface area (Å²) in [6.45, 7) is 2.29. The zero-order chi connectivity index (χ0) is 16.7. The molecule has 1 saturated heterocycles. The molecular weight excluding hydrogens is 341 g/mol. The fraction of sp³-hybridized carbons (Fsp3) is 0.562. The SMILES string of the molecule is CC[C@@H]1C=C[C@@H](CCN2C(=O)C(Cl)=C(Cl)C2=O)[C@@H]2CC(=O)O[C@@H]21. The summed E-state index contributed by atoms with van der Waals surface area (Å²) in [7, 11) is 0. The largest absolute Gasteiger partial charge is 0.461 e. The van der Waals surface area contributed by atoms with Gasteiger partial charge in [-0.15, -0.1) is 0 Å². The number of fused-ring (bicyclic) bond motifs is 1. The summed E-state index contributed by atoms with van der Waals surface area (Å²) in [5.74, 6) is -0.847. The van der Waals surface area contributed by atoms with Crippen molar-refractivity contribution in [2.45, 2.75) is 32.3 Å². The minimum atomic E-state index is -0.553. The molecule has 124 valence electrons. The average Bonchev–Trinajstić information content (AvgIpc) is 3.01. The van der Waals surface area contributed by atoms with E-state index in [9.17, 15) is 14.4 Å². The van der Waals surface area contributed by atoms with E-state index in [2.05, 4.69) is 19.1 Å². The zero-order valence-corrected chi connectivity index (χ0v) is 14.1. The van der Waals surface area contributed by atoms with Crippen LogP contribution in [0.1, 0.15) is 26.2 Å². The first-order valence-corrected chi connectivity index (χ1v) is 8.48. The van der Waals surface area contributed by atoms with Crippen LogP contribution in [0.15, 0.2) is 22.2 Å². The van der Waals surface area contributed by atoms with Crippen molar-refractivity contribution in [2.24, 2.45) is 17.8 Å². The summed E-state index contributed by atoms with van der Waals surface area (Å²) in [5, 5.41) is -0.446. The van der Waals surface area contributed by atoms with Gasteiger partial charge >= 0.3 is 5.97 Å². The Morgan fingerprint density at radius 1 is 1.13 bits per heavy atom. The van der Waals surface area contributed by atoms with Crippen molar-refractivity contribution in [3.8, 4) is 0 Å². The molecule has 2 aliphatic heterocycles. The Bertz CT molecular complexity index is 604. The molecule has 2 heterocycles. The third-order valence-corrected chi connectivity index (χ3v) is 5.68. The van der Waals surface area contributed by atoms with E-state index in [-0.39, 0.29) is 46.4 Å². The standard InChI is InChI=1S/C16H17Cl2NO4/c1-2-8-3-4-9(10-7-11(20)23-14(8)10)5-6-19-15(21)12(17)13(18)16(19)22/h3-4,8-10,14H,2,5-7H2,1H3/t8-,9+,10+,14-/m1/s1. The first kappa shape index (κ1) is 16.5. The van der Waals surface area contributed by atoms with Crippen LogP contribution >= 0.6 is 23.2 Å². The van der Waals surface area contributed by atoms with Crippen LogP contribution in [0.25, 0.3) is 0 Å². The van der Waals surface area contributed by atoms with Gasteiger partial charge in [0, 0.05) is 18.4 Å². The molecule has 3 aliphatic rings. The molecule has 5 nitrogen and oxygen atoms in total. The van der Waals surface area contributed by atoms with Crippen LogP contribution in [-0.2, 0) is 19.1 Å². The van der Waals surface area contributed by atoms with E-state index in [0.717, 1.165) is 11.3 Å². The van der Waals surface area contributed by atoms with Crippen molar-refractivity contribution in [1.29, 1.82) is 0 Å². The molecule has 3 rings (SSSR count). The Labute approximate surface area is 144 Å². The molecule has 2 amide bonds. The van der Waals surface area contributed by atoms with E-state index < -0.39 is 11.8 Å². The van der Waals surface area contributed by atoms with Crippen LogP contribution < -0.4 is 0 Å². The topological polar surface area (TPSA) is 63.7 Å². The van der Waals surface area contributed by atoms with E-state index in [4.69, 9.17) is 27.9 Å². The molecule has 23 heavy (non-hydrogen) atoms. The number of hydrogen-bond donors (Lipinski definition) is 0. The molecular formula is C16H17Cl2NO4. The zero-order valence-electron chi connectivity index (χ0n) is 12.6. The van der Waals surface area contributed by atoms with E-state index in [0.29, 0.717) is 12.8 Å². The van der Waals surface area contributed by atoms with Crippen molar-refractivity contribution < 1.29 is 19.1 Å². The van der Waals surface area contributed by atoms with E-state index in [1.807, 2.05) is 0 Å². The van der Waals surface area contributed by atoms with Gasteiger partial charge < -0.3 is 4.74 Å². The number of rotatable bonds is 4. The van der Waals surface area contributed by atoms with Crippen LogP contribution in [0.2, 0.25) is 0 Å². The summed E-state index contributed by atoms with van der Waals surface area (Å²) >= 11 is 11.5.